The van der Waals surface area contributed by atoms with Gasteiger partial charge in [-0.1, -0.05) is 0 Å². The maximum Gasteiger partial charge on any atom is 0.253 e. The Morgan fingerprint density at radius 1 is 1.15 bits per heavy atom. The van der Waals surface area contributed by atoms with Crippen LogP contribution < -0.4 is 21.3 Å². The van der Waals surface area contributed by atoms with E-state index in [1.165, 1.54) is 0 Å². The van der Waals surface area contributed by atoms with Crippen LogP contribution in [0, 0.1) is 23.7 Å². The fourth-order valence-electron chi connectivity index (χ4n) is 6.51. The number of fused-ring (bicyclic) bond motifs is 3. The summed E-state index contributed by atoms with van der Waals surface area (Å²) in [6, 6.07) is 1.60. The van der Waals surface area contributed by atoms with Crippen LogP contribution in [-0.4, -0.2) is 81.2 Å². The van der Waals surface area contributed by atoms with Crippen LogP contribution in [0.3, 0.4) is 0 Å². The van der Waals surface area contributed by atoms with Crippen molar-refractivity contribution in [3.8, 4) is 5.75 Å². The first-order valence-electron chi connectivity index (χ1n) is 13.0. The fraction of sp³-hybridized carbons (Fsp3) is 0.593. The molecule has 1 fully saturated rings. The molecule has 12 nitrogen and oxygen atoms in total. The number of aliphatic hydroxyl groups is 4. The number of nitrogens with two attached hydrogens (primary N) is 1. The molecule has 12 heteroatoms. The van der Waals surface area contributed by atoms with Gasteiger partial charge < -0.3 is 46.8 Å². The predicted octanol–water partition coefficient (Wildman–Crippen LogP) is 0.135. The van der Waals surface area contributed by atoms with Crippen molar-refractivity contribution in [2.45, 2.75) is 57.5 Å². The number of phenols is 1. The number of ketones is 1. The highest BCUT2D eigenvalue weighted by Gasteiger charge is 2.60. The van der Waals surface area contributed by atoms with Crippen LogP contribution in [-0.2, 0) is 16.0 Å². The highest BCUT2D eigenvalue weighted by molar-refractivity contribution is 6.08. The van der Waals surface area contributed by atoms with Crippen LogP contribution in [0.1, 0.15) is 49.5 Å². The monoisotopic (exact) mass is 546 g/mol. The van der Waals surface area contributed by atoms with Crippen molar-refractivity contribution in [1.82, 2.24) is 5.32 Å². The third-order valence-electron chi connectivity index (χ3n) is 8.11. The molecule has 1 aromatic rings. The van der Waals surface area contributed by atoms with E-state index in [0.29, 0.717) is 11.3 Å². The number of nitrogens with one attached hydrogen (secondary N) is 2. The normalized spacial score (nSPS) is 27.8. The first-order chi connectivity index (χ1) is 18.0. The minimum atomic E-state index is -2.95. The number of carbonyl (C=O) groups excluding carboxylic acids is 3. The van der Waals surface area contributed by atoms with Crippen molar-refractivity contribution in [2.24, 2.45) is 29.4 Å². The minimum Gasteiger partial charge on any atom is -0.512 e. The minimum absolute atomic E-state index is 0.0323. The van der Waals surface area contributed by atoms with Gasteiger partial charge in [0.15, 0.2) is 5.78 Å². The molecule has 0 aliphatic heterocycles. The summed E-state index contributed by atoms with van der Waals surface area (Å²) >= 11 is 0. The Labute approximate surface area is 226 Å². The summed E-state index contributed by atoms with van der Waals surface area (Å²) in [5.74, 6) is -9.77. The molecular weight excluding hydrogens is 508 g/mol. The fourth-order valence-corrected chi connectivity index (χ4v) is 6.51. The van der Waals surface area contributed by atoms with Crippen LogP contribution in [0.4, 0.5) is 11.4 Å². The van der Waals surface area contributed by atoms with Crippen molar-refractivity contribution in [3.63, 3.8) is 0 Å². The Kier molecular flexibility index (Phi) is 7.22. The highest BCUT2D eigenvalue weighted by Crippen LogP contribution is 2.55. The van der Waals surface area contributed by atoms with E-state index in [1.54, 1.807) is 25.1 Å². The zero-order chi connectivity index (χ0) is 29.2. The third kappa shape index (κ3) is 4.97. The molecule has 214 valence electrons. The molecule has 3 aliphatic rings. The quantitative estimate of drug-likeness (QED) is 0.185. The molecule has 3 aliphatic carbocycles. The first kappa shape index (κ1) is 28.8. The van der Waals surface area contributed by atoms with Gasteiger partial charge in [-0.15, -0.1) is 0 Å². The van der Waals surface area contributed by atoms with Crippen molar-refractivity contribution >= 4 is 29.0 Å². The van der Waals surface area contributed by atoms with Gasteiger partial charge in [-0.05, 0) is 57.1 Å². The Morgan fingerprint density at radius 3 is 2.36 bits per heavy atom. The van der Waals surface area contributed by atoms with Gasteiger partial charge in [-0.25, -0.2) is 0 Å². The number of aliphatic hydroxyl groups excluding tert-OH is 2. The van der Waals surface area contributed by atoms with Gasteiger partial charge in [0.25, 0.3) is 5.91 Å². The summed E-state index contributed by atoms with van der Waals surface area (Å²) in [6.07, 6.45) is -1.18. The largest absolute Gasteiger partial charge is 0.512 e. The van der Waals surface area contributed by atoms with E-state index < -0.39 is 70.2 Å². The lowest BCUT2D eigenvalue weighted by molar-refractivity contribution is -0.234. The predicted molar refractivity (Wildman–Crippen MR) is 142 cm³/mol. The topological polar surface area (TPSA) is 206 Å². The number of phenolic OH excluding ortho intramolecular Hbond substituents is 1. The molecule has 0 bridgehead atoms. The molecule has 1 saturated carbocycles. The number of Topliss-reactive ketones (excluding diaryl/α,β-unsaturated/α-hetero) is 1. The molecule has 0 aromatic heterocycles. The van der Waals surface area contributed by atoms with Gasteiger partial charge in [0.1, 0.15) is 17.1 Å². The summed E-state index contributed by atoms with van der Waals surface area (Å²) < 4.78 is 0. The first-order valence-corrected chi connectivity index (χ1v) is 13.0. The molecule has 0 spiro atoms. The Hall–Kier alpha value is -3.19. The van der Waals surface area contributed by atoms with Gasteiger partial charge in [0, 0.05) is 37.7 Å². The number of benzene rings is 1. The van der Waals surface area contributed by atoms with Gasteiger partial charge in [0.05, 0.1) is 29.8 Å². The second-order valence-corrected chi connectivity index (χ2v) is 12.2. The summed E-state index contributed by atoms with van der Waals surface area (Å²) in [5, 5.41) is 60.4. The molecule has 0 saturated heterocycles. The van der Waals surface area contributed by atoms with Gasteiger partial charge in [-0.2, -0.15) is 0 Å². The number of carbonyl (C=O) groups is 3. The molecule has 39 heavy (non-hydrogen) atoms. The van der Waals surface area contributed by atoms with Crippen molar-refractivity contribution < 1.29 is 39.9 Å². The zero-order valence-electron chi connectivity index (χ0n) is 22.8. The average molecular weight is 547 g/mol. The molecule has 0 radical (unpaired) electrons. The molecule has 0 heterocycles. The molecule has 5 atom stereocenters. The van der Waals surface area contributed by atoms with E-state index >= 15 is 0 Å². The Morgan fingerprint density at radius 2 is 1.79 bits per heavy atom. The van der Waals surface area contributed by atoms with E-state index in [9.17, 15) is 39.9 Å². The Bertz CT molecular complexity index is 1250. The van der Waals surface area contributed by atoms with Crippen molar-refractivity contribution in [2.75, 3.05) is 30.9 Å². The number of aromatic hydroxyl groups is 1. The summed E-state index contributed by atoms with van der Waals surface area (Å²) in [5.41, 5.74) is 5.31. The lowest BCUT2D eigenvalue weighted by Gasteiger charge is -2.52. The van der Waals surface area contributed by atoms with Crippen molar-refractivity contribution in [1.29, 1.82) is 0 Å². The number of hydrogen-bond donors (Lipinski definition) is 8. The van der Waals surface area contributed by atoms with Crippen molar-refractivity contribution in [3.05, 3.63) is 28.5 Å². The number of allylic oxidation sites excluding steroid dienone is 1. The van der Waals surface area contributed by atoms with Crippen LogP contribution in [0.5, 0.6) is 5.75 Å². The summed E-state index contributed by atoms with van der Waals surface area (Å²) in [7, 11) is 3.53. The lowest BCUT2D eigenvalue weighted by Crippen LogP contribution is -2.61. The maximum atomic E-state index is 13.9. The molecule has 2 amide bonds. The average Bonchev–Trinajstić information content (AvgIpc) is 2.77. The van der Waals surface area contributed by atoms with E-state index in [4.69, 9.17) is 5.73 Å². The number of rotatable bonds is 5. The van der Waals surface area contributed by atoms with Crippen LogP contribution in [0.2, 0.25) is 0 Å². The number of amides is 2. The molecule has 1 aromatic carbocycles. The maximum absolute atomic E-state index is 13.9. The van der Waals surface area contributed by atoms with Gasteiger partial charge in [-0.3, -0.25) is 14.4 Å². The summed E-state index contributed by atoms with van der Waals surface area (Å²) in [6.45, 7) is 5.67. The van der Waals surface area contributed by atoms with Gasteiger partial charge >= 0.3 is 0 Å². The van der Waals surface area contributed by atoms with E-state index in [2.05, 4.69) is 10.6 Å². The van der Waals surface area contributed by atoms with E-state index in [0.717, 1.165) is 0 Å². The molecular formula is C27H38N4O8. The number of primary amides is 1. The molecule has 5 unspecified atom stereocenters. The smallest absolute Gasteiger partial charge is 0.253 e. The van der Waals surface area contributed by atoms with Crippen LogP contribution in [0.15, 0.2) is 17.4 Å². The second kappa shape index (κ2) is 9.77. The number of hydrogen-bond acceptors (Lipinski definition) is 10. The van der Waals surface area contributed by atoms with Crippen LogP contribution >= 0.6 is 0 Å². The number of nitrogens with zero attached hydrogens (tertiary/aromatic N) is 1. The van der Waals surface area contributed by atoms with Gasteiger partial charge in [0.2, 0.25) is 11.7 Å². The SMILES string of the molecule is CN(C)c1cc(NC(=O)CNC(C)(C)C)c(O)c2c1CC1CC3CC(O)=C(C(N)=O)C(O)(O)C3C(O)C1C2=O. The highest BCUT2D eigenvalue weighted by atomic mass is 16.5. The van der Waals surface area contributed by atoms with E-state index in [-0.39, 0.29) is 42.6 Å². The lowest BCUT2D eigenvalue weighted by atomic mass is 9.55. The van der Waals surface area contributed by atoms with Crippen LogP contribution in [0.25, 0.3) is 0 Å². The Balaban J connectivity index is 1.74. The third-order valence-corrected chi connectivity index (χ3v) is 8.11. The number of anilines is 2. The second-order valence-electron chi connectivity index (χ2n) is 12.2. The standard InChI is InChI=1S/C27H38N4O8/c1-26(2,3)29-10-17(33)30-14-9-15(31(4)5)13-7-11-6-12-8-16(32)21(25(28)37)27(38,39)20(12)24(36)18(11)23(35)19(13)22(14)34/h9,11-12,18,20,24,29,32,34,36,38-39H,6-8,10H2,1-5H3,(H2,28,37)(H,30,33). The molecule has 4 rings (SSSR count). The molecule has 9 N–H and O–H groups in total. The van der Waals surface area contributed by atoms with E-state index in [1.807, 2.05) is 20.8 Å². The zero-order valence-corrected chi connectivity index (χ0v) is 22.8. The summed E-state index contributed by atoms with van der Waals surface area (Å²) in [4.78, 5) is 40.2.